The molecule has 3 rings (SSSR count). The molecule has 0 amide bonds. The maximum absolute atomic E-state index is 13.2. The summed E-state index contributed by atoms with van der Waals surface area (Å²) in [6.07, 6.45) is 2.03. The summed E-state index contributed by atoms with van der Waals surface area (Å²) >= 11 is 0. The molecule has 0 saturated carbocycles. The lowest BCUT2D eigenvalue weighted by Crippen LogP contribution is -2.19. The van der Waals surface area contributed by atoms with E-state index in [2.05, 4.69) is 36.5 Å². The molecule has 1 unspecified atom stereocenters. The van der Waals surface area contributed by atoms with Crippen molar-refractivity contribution >= 4 is 0 Å². The fourth-order valence-electron chi connectivity index (χ4n) is 2.84. The first-order chi connectivity index (χ1) is 9.24. The highest BCUT2D eigenvalue weighted by Crippen LogP contribution is 2.31. The lowest BCUT2D eigenvalue weighted by molar-refractivity contribution is 0.529. The highest BCUT2D eigenvalue weighted by atomic mass is 19.1. The normalized spacial score (nSPS) is 17.5. The number of nitrogens with one attached hydrogen (secondary N) is 1. The van der Waals surface area contributed by atoms with E-state index in [0.29, 0.717) is 6.04 Å². The summed E-state index contributed by atoms with van der Waals surface area (Å²) in [4.78, 5) is 0. The number of halogens is 1. The Hall–Kier alpha value is -1.67. The standard InChI is InChI=1S/C17H18FN/c1-12-4-2-3-5-14(12)11-19-17-9-6-13-10-15(18)7-8-16(13)17/h2-5,7-8,10,17,19H,6,9,11H2,1H3. The smallest absolute Gasteiger partial charge is 0.123 e. The summed E-state index contributed by atoms with van der Waals surface area (Å²) in [5, 5.41) is 3.59. The highest BCUT2D eigenvalue weighted by Gasteiger charge is 2.22. The van der Waals surface area contributed by atoms with E-state index in [-0.39, 0.29) is 5.82 Å². The second-order valence-electron chi connectivity index (χ2n) is 5.24. The summed E-state index contributed by atoms with van der Waals surface area (Å²) < 4.78 is 13.2. The van der Waals surface area contributed by atoms with Gasteiger partial charge in [-0.1, -0.05) is 30.3 Å². The summed E-state index contributed by atoms with van der Waals surface area (Å²) in [5.41, 5.74) is 5.06. The quantitative estimate of drug-likeness (QED) is 0.876. The second-order valence-corrected chi connectivity index (χ2v) is 5.24. The minimum absolute atomic E-state index is 0.127. The van der Waals surface area contributed by atoms with E-state index in [1.807, 2.05) is 6.07 Å². The number of fused-ring (bicyclic) bond motifs is 1. The Morgan fingerprint density at radius 1 is 1.21 bits per heavy atom. The van der Waals surface area contributed by atoms with Gasteiger partial charge in [0.2, 0.25) is 0 Å². The molecule has 1 aliphatic rings. The molecule has 0 fully saturated rings. The topological polar surface area (TPSA) is 12.0 Å². The van der Waals surface area contributed by atoms with E-state index in [4.69, 9.17) is 0 Å². The van der Waals surface area contributed by atoms with E-state index in [1.165, 1.54) is 16.7 Å². The van der Waals surface area contributed by atoms with Crippen LogP contribution in [0.5, 0.6) is 0 Å². The minimum atomic E-state index is -0.127. The predicted molar refractivity (Wildman–Crippen MR) is 75.5 cm³/mol. The summed E-state index contributed by atoms with van der Waals surface area (Å²) in [7, 11) is 0. The number of hydrogen-bond donors (Lipinski definition) is 1. The minimum Gasteiger partial charge on any atom is -0.306 e. The fourth-order valence-corrected chi connectivity index (χ4v) is 2.84. The van der Waals surface area contributed by atoms with Crippen molar-refractivity contribution in [2.24, 2.45) is 0 Å². The molecule has 0 radical (unpaired) electrons. The van der Waals surface area contributed by atoms with Gasteiger partial charge in [0, 0.05) is 12.6 Å². The van der Waals surface area contributed by atoms with Crippen molar-refractivity contribution in [3.05, 3.63) is 70.5 Å². The molecule has 19 heavy (non-hydrogen) atoms. The fraction of sp³-hybridized carbons (Fsp3) is 0.294. The molecule has 0 aromatic heterocycles. The maximum atomic E-state index is 13.2. The molecule has 2 aromatic carbocycles. The number of hydrogen-bond acceptors (Lipinski definition) is 1. The van der Waals surface area contributed by atoms with Crippen LogP contribution in [0, 0.1) is 12.7 Å². The molecule has 0 spiro atoms. The van der Waals surface area contributed by atoms with Gasteiger partial charge in [-0.2, -0.15) is 0 Å². The van der Waals surface area contributed by atoms with Gasteiger partial charge in [0.15, 0.2) is 0 Å². The van der Waals surface area contributed by atoms with Gasteiger partial charge in [-0.3, -0.25) is 0 Å². The van der Waals surface area contributed by atoms with E-state index >= 15 is 0 Å². The number of aryl methyl sites for hydroxylation is 2. The van der Waals surface area contributed by atoms with Crippen LogP contribution >= 0.6 is 0 Å². The van der Waals surface area contributed by atoms with Crippen LogP contribution in [0.2, 0.25) is 0 Å². The van der Waals surface area contributed by atoms with Crippen LogP contribution in [0.1, 0.15) is 34.7 Å². The van der Waals surface area contributed by atoms with E-state index in [0.717, 1.165) is 24.9 Å². The van der Waals surface area contributed by atoms with Crippen LogP contribution in [0.3, 0.4) is 0 Å². The van der Waals surface area contributed by atoms with Crippen LogP contribution in [0.25, 0.3) is 0 Å². The van der Waals surface area contributed by atoms with Gasteiger partial charge in [0.1, 0.15) is 5.82 Å². The van der Waals surface area contributed by atoms with E-state index in [9.17, 15) is 4.39 Å². The highest BCUT2D eigenvalue weighted by molar-refractivity contribution is 5.35. The first kappa shape index (κ1) is 12.4. The predicted octanol–water partition coefficient (Wildman–Crippen LogP) is 3.91. The second kappa shape index (κ2) is 5.14. The Balaban J connectivity index is 1.72. The third kappa shape index (κ3) is 2.54. The van der Waals surface area contributed by atoms with Crippen molar-refractivity contribution < 1.29 is 4.39 Å². The van der Waals surface area contributed by atoms with Gasteiger partial charge >= 0.3 is 0 Å². The molecular weight excluding hydrogens is 237 g/mol. The van der Waals surface area contributed by atoms with Crippen molar-refractivity contribution in [1.29, 1.82) is 0 Å². The largest absolute Gasteiger partial charge is 0.306 e. The third-order valence-electron chi connectivity index (χ3n) is 3.98. The summed E-state index contributed by atoms with van der Waals surface area (Å²) in [5.74, 6) is -0.127. The van der Waals surface area contributed by atoms with Gasteiger partial charge in [-0.05, 0) is 54.2 Å². The van der Waals surface area contributed by atoms with Gasteiger partial charge in [0.25, 0.3) is 0 Å². The molecule has 1 atom stereocenters. The SMILES string of the molecule is Cc1ccccc1CNC1CCc2cc(F)ccc21. The van der Waals surface area contributed by atoms with Gasteiger partial charge in [-0.15, -0.1) is 0 Å². The molecule has 0 heterocycles. The molecule has 0 bridgehead atoms. The van der Waals surface area contributed by atoms with Gasteiger partial charge in [0.05, 0.1) is 0 Å². The van der Waals surface area contributed by atoms with Crippen molar-refractivity contribution in [1.82, 2.24) is 5.32 Å². The lowest BCUT2D eigenvalue weighted by atomic mass is 10.1. The summed E-state index contributed by atoms with van der Waals surface area (Å²) in [6, 6.07) is 13.9. The monoisotopic (exact) mass is 255 g/mol. The number of benzene rings is 2. The molecule has 0 aliphatic heterocycles. The molecule has 0 saturated heterocycles. The first-order valence-corrected chi connectivity index (χ1v) is 6.80. The zero-order valence-electron chi connectivity index (χ0n) is 11.1. The van der Waals surface area contributed by atoms with E-state index in [1.54, 1.807) is 12.1 Å². The van der Waals surface area contributed by atoms with Crippen molar-refractivity contribution in [2.75, 3.05) is 0 Å². The molecule has 1 N–H and O–H groups in total. The van der Waals surface area contributed by atoms with Crippen molar-refractivity contribution in [3.63, 3.8) is 0 Å². The zero-order chi connectivity index (χ0) is 13.2. The maximum Gasteiger partial charge on any atom is 0.123 e. The van der Waals surface area contributed by atoms with Crippen LogP contribution in [-0.2, 0) is 13.0 Å². The Labute approximate surface area is 113 Å². The molecule has 98 valence electrons. The van der Waals surface area contributed by atoms with Crippen LogP contribution < -0.4 is 5.32 Å². The van der Waals surface area contributed by atoms with Crippen molar-refractivity contribution in [2.45, 2.75) is 32.4 Å². The molecule has 1 nitrogen and oxygen atoms in total. The molecule has 2 aromatic rings. The number of rotatable bonds is 3. The van der Waals surface area contributed by atoms with Crippen molar-refractivity contribution in [3.8, 4) is 0 Å². The molecule has 2 heteroatoms. The van der Waals surface area contributed by atoms with Crippen LogP contribution in [-0.4, -0.2) is 0 Å². The van der Waals surface area contributed by atoms with E-state index < -0.39 is 0 Å². The van der Waals surface area contributed by atoms with Crippen LogP contribution in [0.15, 0.2) is 42.5 Å². The van der Waals surface area contributed by atoms with Gasteiger partial charge < -0.3 is 5.32 Å². The van der Waals surface area contributed by atoms with Gasteiger partial charge in [-0.25, -0.2) is 4.39 Å². The Bertz CT molecular complexity index is 592. The Morgan fingerprint density at radius 3 is 2.89 bits per heavy atom. The molecule has 1 aliphatic carbocycles. The Kier molecular flexibility index (Phi) is 3.34. The Morgan fingerprint density at radius 2 is 2.05 bits per heavy atom. The average molecular weight is 255 g/mol. The third-order valence-corrected chi connectivity index (χ3v) is 3.98. The summed E-state index contributed by atoms with van der Waals surface area (Å²) in [6.45, 7) is 3.00. The first-order valence-electron chi connectivity index (χ1n) is 6.80. The molecular formula is C17H18FN. The lowest BCUT2D eigenvalue weighted by Gasteiger charge is -2.15. The zero-order valence-corrected chi connectivity index (χ0v) is 11.1. The average Bonchev–Trinajstić information content (AvgIpc) is 2.80. The van der Waals surface area contributed by atoms with Crippen LogP contribution in [0.4, 0.5) is 4.39 Å².